The molecule has 2 aromatic carbocycles. The van der Waals surface area contributed by atoms with Gasteiger partial charge in [-0.15, -0.1) is 0 Å². The summed E-state index contributed by atoms with van der Waals surface area (Å²) in [6.07, 6.45) is 1.42. The molecule has 0 heterocycles. The van der Waals surface area contributed by atoms with E-state index < -0.39 is 0 Å². The number of phenolic OH excluding ortho intramolecular Hbond substituents is 1. The van der Waals surface area contributed by atoms with Crippen molar-refractivity contribution in [3.05, 3.63) is 53.1 Å². The Hall–Kier alpha value is -2.73. The monoisotopic (exact) mass is 347 g/mol. The van der Waals surface area contributed by atoms with Crippen molar-refractivity contribution in [2.75, 3.05) is 18.5 Å². The van der Waals surface area contributed by atoms with Crippen LogP contribution < -0.4 is 15.5 Å². The summed E-state index contributed by atoms with van der Waals surface area (Å²) in [5.74, 6) is -0.139. The first-order chi connectivity index (χ1) is 11.6. The van der Waals surface area contributed by atoms with Crippen molar-refractivity contribution in [1.82, 2.24) is 5.43 Å². The molecule has 3 N–H and O–H groups in total. The van der Waals surface area contributed by atoms with Gasteiger partial charge in [-0.25, -0.2) is 5.43 Å². The number of halogens is 1. The molecular weight excluding hydrogens is 330 g/mol. The molecule has 0 radical (unpaired) electrons. The number of anilines is 1. The number of carbonyl (C=O) groups is 1. The molecule has 0 bridgehead atoms. The van der Waals surface area contributed by atoms with Gasteiger partial charge in [0.1, 0.15) is 0 Å². The Morgan fingerprint density at radius 2 is 2.08 bits per heavy atom. The number of nitrogens with zero attached hydrogens (tertiary/aromatic N) is 1. The Morgan fingerprint density at radius 3 is 2.79 bits per heavy atom. The lowest BCUT2D eigenvalue weighted by Gasteiger charge is -2.08. The van der Waals surface area contributed by atoms with E-state index in [2.05, 4.69) is 15.8 Å². The van der Waals surface area contributed by atoms with E-state index in [0.29, 0.717) is 12.2 Å². The van der Waals surface area contributed by atoms with Crippen molar-refractivity contribution in [3.8, 4) is 11.5 Å². The van der Waals surface area contributed by atoms with Crippen LogP contribution in [-0.4, -0.2) is 30.4 Å². The van der Waals surface area contributed by atoms with Crippen molar-refractivity contribution < 1.29 is 14.6 Å². The maximum absolute atomic E-state index is 11.7. The van der Waals surface area contributed by atoms with E-state index in [1.54, 1.807) is 13.0 Å². The van der Waals surface area contributed by atoms with E-state index in [9.17, 15) is 9.90 Å². The molecule has 2 aromatic rings. The number of rotatable bonds is 7. The topological polar surface area (TPSA) is 83.0 Å². The van der Waals surface area contributed by atoms with Crippen LogP contribution in [0.3, 0.4) is 0 Å². The molecule has 0 saturated carbocycles. The molecule has 0 unspecified atom stereocenters. The van der Waals surface area contributed by atoms with E-state index in [1.807, 2.05) is 30.3 Å². The maximum Gasteiger partial charge on any atom is 0.259 e. The largest absolute Gasteiger partial charge is 0.503 e. The van der Waals surface area contributed by atoms with Gasteiger partial charge in [0, 0.05) is 5.69 Å². The Labute approximate surface area is 145 Å². The molecule has 0 aliphatic carbocycles. The summed E-state index contributed by atoms with van der Waals surface area (Å²) in [6, 6.07) is 12.5. The fourth-order valence-corrected chi connectivity index (χ4v) is 2.11. The molecule has 6 nitrogen and oxygen atoms in total. The summed E-state index contributed by atoms with van der Waals surface area (Å²) in [6.45, 7) is 2.29. The van der Waals surface area contributed by atoms with Crippen molar-refractivity contribution in [2.45, 2.75) is 6.92 Å². The first kappa shape index (κ1) is 17.6. The Bertz CT molecular complexity index is 721. The fourth-order valence-electron chi connectivity index (χ4n) is 1.89. The minimum Gasteiger partial charge on any atom is -0.503 e. The van der Waals surface area contributed by atoms with Gasteiger partial charge < -0.3 is 15.2 Å². The van der Waals surface area contributed by atoms with Gasteiger partial charge in [0.2, 0.25) is 0 Å². The van der Waals surface area contributed by atoms with Crippen LogP contribution >= 0.6 is 11.6 Å². The number of hydrazone groups is 1. The first-order valence-corrected chi connectivity index (χ1v) is 7.74. The highest BCUT2D eigenvalue weighted by Crippen LogP contribution is 2.34. The van der Waals surface area contributed by atoms with Gasteiger partial charge in [-0.1, -0.05) is 29.8 Å². The summed E-state index contributed by atoms with van der Waals surface area (Å²) in [5.41, 5.74) is 3.85. The lowest BCUT2D eigenvalue weighted by molar-refractivity contribution is -0.119. The maximum atomic E-state index is 11.7. The molecule has 2 rings (SSSR count). The summed E-state index contributed by atoms with van der Waals surface area (Å²) < 4.78 is 5.28. The SMILES string of the molecule is CCOc1cc(/C=N/NC(=O)CNc2ccccc2)cc(Cl)c1O. The lowest BCUT2D eigenvalue weighted by Crippen LogP contribution is -2.25. The molecule has 7 heteroatoms. The number of hydrogen-bond donors (Lipinski definition) is 3. The molecule has 0 aromatic heterocycles. The van der Waals surface area contributed by atoms with Crippen molar-refractivity contribution in [1.29, 1.82) is 0 Å². The molecular formula is C17H18ClN3O3. The van der Waals surface area contributed by atoms with Crippen LogP contribution in [0.2, 0.25) is 5.02 Å². The fraction of sp³-hybridized carbons (Fsp3) is 0.176. The number of hydrogen-bond acceptors (Lipinski definition) is 5. The third-order valence-electron chi connectivity index (χ3n) is 2.98. The van der Waals surface area contributed by atoms with Gasteiger partial charge in [-0.3, -0.25) is 4.79 Å². The molecule has 0 saturated heterocycles. The minimum atomic E-state index is -0.287. The molecule has 24 heavy (non-hydrogen) atoms. The van der Waals surface area contributed by atoms with Gasteiger partial charge in [-0.05, 0) is 36.8 Å². The molecule has 0 spiro atoms. The molecule has 0 aliphatic heterocycles. The van der Waals surface area contributed by atoms with Crippen LogP contribution in [0.5, 0.6) is 11.5 Å². The normalized spacial score (nSPS) is 10.6. The van der Waals surface area contributed by atoms with Gasteiger partial charge in [0.05, 0.1) is 24.4 Å². The van der Waals surface area contributed by atoms with Gasteiger partial charge in [0.15, 0.2) is 11.5 Å². The number of phenols is 1. The van der Waals surface area contributed by atoms with Crippen LogP contribution in [0.1, 0.15) is 12.5 Å². The second-order valence-corrected chi connectivity index (χ2v) is 5.20. The number of amides is 1. The average Bonchev–Trinajstić information content (AvgIpc) is 2.58. The number of benzene rings is 2. The van der Waals surface area contributed by atoms with E-state index in [4.69, 9.17) is 16.3 Å². The van der Waals surface area contributed by atoms with Crippen molar-refractivity contribution >= 4 is 29.4 Å². The predicted molar refractivity (Wildman–Crippen MR) is 95.0 cm³/mol. The zero-order chi connectivity index (χ0) is 17.4. The van der Waals surface area contributed by atoms with E-state index >= 15 is 0 Å². The van der Waals surface area contributed by atoms with Crippen molar-refractivity contribution in [2.24, 2.45) is 5.10 Å². The molecule has 0 fully saturated rings. The standard InChI is InChI=1S/C17H18ClN3O3/c1-2-24-15-9-12(8-14(18)17(15)23)10-20-21-16(22)11-19-13-6-4-3-5-7-13/h3-10,19,23H,2,11H2,1H3,(H,21,22)/b20-10+. The average molecular weight is 348 g/mol. The smallest absolute Gasteiger partial charge is 0.259 e. The minimum absolute atomic E-state index is 0.0991. The number of ether oxygens (including phenoxy) is 1. The third-order valence-corrected chi connectivity index (χ3v) is 3.27. The summed E-state index contributed by atoms with van der Waals surface area (Å²) in [5, 5.41) is 16.8. The molecule has 0 aliphatic rings. The van der Waals surface area contributed by atoms with Crippen LogP contribution in [0.15, 0.2) is 47.6 Å². The van der Waals surface area contributed by atoms with Gasteiger partial charge in [0.25, 0.3) is 5.91 Å². The van der Waals surface area contributed by atoms with Crippen LogP contribution in [-0.2, 0) is 4.79 Å². The molecule has 0 atom stereocenters. The highest BCUT2D eigenvalue weighted by atomic mass is 35.5. The lowest BCUT2D eigenvalue weighted by atomic mass is 10.2. The summed E-state index contributed by atoms with van der Waals surface area (Å²) in [4.78, 5) is 11.7. The highest BCUT2D eigenvalue weighted by molar-refractivity contribution is 6.32. The van der Waals surface area contributed by atoms with Crippen molar-refractivity contribution in [3.63, 3.8) is 0 Å². The van der Waals surface area contributed by atoms with Gasteiger partial charge in [-0.2, -0.15) is 5.10 Å². The summed E-state index contributed by atoms with van der Waals surface area (Å²) >= 11 is 5.92. The van der Waals surface area contributed by atoms with Gasteiger partial charge >= 0.3 is 0 Å². The summed E-state index contributed by atoms with van der Waals surface area (Å²) in [7, 11) is 0. The second-order valence-electron chi connectivity index (χ2n) is 4.80. The Morgan fingerprint density at radius 1 is 1.33 bits per heavy atom. The predicted octanol–water partition coefficient (Wildman–Crippen LogP) is 3.01. The first-order valence-electron chi connectivity index (χ1n) is 7.36. The third kappa shape index (κ3) is 5.17. The number of aromatic hydroxyl groups is 1. The zero-order valence-corrected chi connectivity index (χ0v) is 13.9. The Balaban J connectivity index is 1.90. The van der Waals surface area contributed by atoms with Crippen LogP contribution in [0.4, 0.5) is 5.69 Å². The van der Waals surface area contributed by atoms with E-state index in [1.165, 1.54) is 12.3 Å². The van der Waals surface area contributed by atoms with E-state index in [0.717, 1.165) is 5.69 Å². The quantitative estimate of drug-likeness (QED) is 0.531. The second kappa shape index (κ2) is 8.79. The number of nitrogens with one attached hydrogen (secondary N) is 2. The van der Waals surface area contributed by atoms with E-state index in [-0.39, 0.29) is 29.0 Å². The molecule has 1 amide bonds. The Kier molecular flexibility index (Phi) is 6.45. The van der Waals surface area contributed by atoms with Crippen LogP contribution in [0, 0.1) is 0 Å². The zero-order valence-electron chi connectivity index (χ0n) is 13.1. The number of para-hydroxylation sites is 1. The molecule has 126 valence electrons. The number of carbonyl (C=O) groups excluding carboxylic acids is 1. The van der Waals surface area contributed by atoms with Crippen LogP contribution in [0.25, 0.3) is 0 Å². The highest BCUT2D eigenvalue weighted by Gasteiger charge is 2.08.